The van der Waals surface area contributed by atoms with Crippen LogP contribution >= 0.6 is 23.7 Å². The van der Waals surface area contributed by atoms with Crippen LogP contribution in [0.2, 0.25) is 0 Å². The van der Waals surface area contributed by atoms with Crippen molar-refractivity contribution in [3.05, 3.63) is 63.9 Å². The number of hydrogen-bond acceptors (Lipinski definition) is 7. The van der Waals surface area contributed by atoms with Gasteiger partial charge in [-0.3, -0.25) is 4.57 Å². The number of hydrogen-bond donors (Lipinski definition) is 2. The summed E-state index contributed by atoms with van der Waals surface area (Å²) < 4.78 is 14.4. The van der Waals surface area contributed by atoms with Gasteiger partial charge in [0.05, 0.1) is 12.4 Å². The maximum Gasteiger partial charge on any atom is 0.343 e. The van der Waals surface area contributed by atoms with Crippen molar-refractivity contribution in [1.29, 1.82) is 5.26 Å². The van der Waals surface area contributed by atoms with Crippen LogP contribution in [0.3, 0.4) is 0 Å². The molecule has 0 aliphatic rings. The lowest BCUT2D eigenvalue weighted by atomic mass is 10.1. The zero-order chi connectivity index (χ0) is 18.5. The van der Waals surface area contributed by atoms with Gasteiger partial charge in [-0.2, -0.15) is 10.4 Å². The molecule has 0 fully saturated rings. The van der Waals surface area contributed by atoms with Crippen LogP contribution in [0.4, 0.5) is 4.39 Å². The first-order valence-electron chi connectivity index (χ1n) is 7.58. The third-order valence-corrected chi connectivity index (χ3v) is 5.01. The molecule has 3 aromatic heterocycles. The quantitative estimate of drug-likeness (QED) is 0.644. The van der Waals surface area contributed by atoms with Crippen LogP contribution in [-0.2, 0) is 0 Å². The van der Waals surface area contributed by atoms with Crippen LogP contribution in [0.5, 0.6) is 0 Å². The van der Waals surface area contributed by atoms with Crippen molar-refractivity contribution in [2.75, 3.05) is 6.54 Å². The van der Waals surface area contributed by atoms with Crippen molar-refractivity contribution in [2.24, 2.45) is 5.73 Å². The molecular weight excluding hydrogens is 393 g/mol. The van der Waals surface area contributed by atoms with Gasteiger partial charge >= 0.3 is 5.69 Å². The van der Waals surface area contributed by atoms with E-state index in [0.717, 1.165) is 15.3 Å². The average molecular weight is 408 g/mol. The molecule has 3 heterocycles. The fraction of sp³-hybridized carbons (Fsp3) is 0.188. The lowest BCUT2D eigenvalue weighted by Crippen LogP contribution is -2.23. The van der Waals surface area contributed by atoms with Crippen molar-refractivity contribution in [1.82, 2.24) is 24.7 Å². The average Bonchev–Trinajstić information content (AvgIpc) is 3.33. The summed E-state index contributed by atoms with van der Waals surface area (Å²) in [6.45, 7) is 0.0568. The fourth-order valence-corrected chi connectivity index (χ4v) is 3.52. The maximum absolute atomic E-state index is 13.0. The van der Waals surface area contributed by atoms with E-state index in [-0.39, 0.29) is 36.9 Å². The minimum atomic E-state index is -0.440. The monoisotopic (exact) mass is 407 g/mol. The number of thiophene rings is 1. The second kappa shape index (κ2) is 9.18. The van der Waals surface area contributed by atoms with E-state index in [1.807, 2.05) is 18.2 Å². The van der Waals surface area contributed by atoms with Crippen LogP contribution in [-0.4, -0.2) is 31.3 Å². The largest absolute Gasteiger partial charge is 0.343 e. The first-order valence-corrected chi connectivity index (χ1v) is 8.40. The first-order chi connectivity index (χ1) is 12.7. The molecule has 3 N–H and O–H groups in total. The van der Waals surface area contributed by atoms with E-state index in [0.29, 0.717) is 11.9 Å². The highest BCUT2D eigenvalue weighted by molar-refractivity contribution is 7.15. The number of halogens is 2. The Morgan fingerprint density at radius 3 is 2.74 bits per heavy atom. The summed E-state index contributed by atoms with van der Waals surface area (Å²) in [5.74, 6) is 0.0917. The van der Waals surface area contributed by atoms with Crippen molar-refractivity contribution < 1.29 is 4.39 Å². The highest BCUT2D eigenvalue weighted by Gasteiger charge is 2.20. The van der Waals surface area contributed by atoms with Crippen LogP contribution in [0.1, 0.15) is 23.2 Å². The first kappa shape index (κ1) is 20.4. The summed E-state index contributed by atoms with van der Waals surface area (Å²) in [6, 6.07) is 5.15. The lowest BCUT2D eigenvalue weighted by Gasteiger charge is -2.16. The molecule has 0 spiro atoms. The third-order valence-electron chi connectivity index (χ3n) is 3.78. The number of nitriles is 1. The predicted molar refractivity (Wildman–Crippen MR) is 101 cm³/mol. The lowest BCUT2D eigenvalue weighted by molar-refractivity contribution is 0.556. The zero-order valence-electron chi connectivity index (χ0n) is 13.9. The molecule has 11 heteroatoms. The molecule has 8 nitrogen and oxygen atoms in total. The highest BCUT2D eigenvalue weighted by Crippen LogP contribution is 2.34. The number of rotatable bonds is 6. The Morgan fingerprint density at radius 1 is 1.44 bits per heavy atom. The van der Waals surface area contributed by atoms with E-state index in [4.69, 9.17) is 11.0 Å². The van der Waals surface area contributed by atoms with Gasteiger partial charge in [0, 0.05) is 34.3 Å². The number of nitrogens with two attached hydrogens (primary N) is 1. The molecule has 0 bridgehead atoms. The predicted octanol–water partition coefficient (Wildman–Crippen LogP) is 2.17. The number of H-pyrrole nitrogens is 1. The summed E-state index contributed by atoms with van der Waals surface area (Å²) in [4.78, 5) is 21.6. The molecule has 1 unspecified atom stereocenters. The zero-order valence-corrected chi connectivity index (χ0v) is 15.5. The number of aromatic amines is 1. The highest BCUT2D eigenvalue weighted by atomic mass is 35.5. The Kier molecular flexibility index (Phi) is 6.95. The van der Waals surface area contributed by atoms with Gasteiger partial charge in [0.2, 0.25) is 5.82 Å². The molecule has 140 valence electrons. The van der Waals surface area contributed by atoms with Crippen molar-refractivity contribution >= 4 is 23.7 Å². The van der Waals surface area contributed by atoms with E-state index < -0.39 is 6.04 Å². The van der Waals surface area contributed by atoms with E-state index in [2.05, 4.69) is 20.2 Å². The Morgan fingerprint density at radius 2 is 2.19 bits per heavy atom. The van der Waals surface area contributed by atoms with Crippen molar-refractivity contribution in [2.45, 2.75) is 12.5 Å². The Hall–Kier alpha value is -2.87. The summed E-state index contributed by atoms with van der Waals surface area (Å²) >= 11 is 1.42. The smallest absolute Gasteiger partial charge is 0.327 e. The number of nitrogens with one attached hydrogen (secondary N) is 1. The van der Waals surface area contributed by atoms with Gasteiger partial charge in [-0.05, 0) is 24.1 Å². The van der Waals surface area contributed by atoms with E-state index in [9.17, 15) is 9.18 Å². The van der Waals surface area contributed by atoms with Crippen LogP contribution in [0.15, 0.2) is 47.6 Å². The fourth-order valence-electron chi connectivity index (χ4n) is 2.44. The SMILES string of the molecule is Cl.N#Cc1ncc(-c2ccc(C(C/C(=C\F)CN)n3cn[nH]c3=O)s2)cn1. The van der Waals surface area contributed by atoms with Gasteiger partial charge < -0.3 is 5.73 Å². The van der Waals surface area contributed by atoms with Crippen molar-refractivity contribution in [3.63, 3.8) is 0 Å². The number of aromatic nitrogens is 5. The van der Waals surface area contributed by atoms with Gasteiger partial charge in [0.15, 0.2) is 0 Å². The van der Waals surface area contributed by atoms with Crippen LogP contribution in [0, 0.1) is 11.3 Å². The standard InChI is InChI=1S/C16H14FN7OS.ClH/c17-4-10(5-18)3-12(24-9-22-23-16(24)25)14-2-1-13(26-14)11-7-20-15(6-19)21-8-11;/h1-2,4,7-9,12H,3,5,18H2,(H,23,25);1H/b10-4+;. The van der Waals surface area contributed by atoms with Crippen LogP contribution in [0.25, 0.3) is 10.4 Å². The Bertz CT molecular complexity index is 1020. The molecule has 0 radical (unpaired) electrons. The molecule has 0 aromatic carbocycles. The molecule has 0 saturated heterocycles. The second-order valence-corrected chi connectivity index (χ2v) is 6.48. The Balaban J connectivity index is 0.00000261. The molecule has 0 saturated carbocycles. The summed E-state index contributed by atoms with van der Waals surface area (Å²) in [5, 5.41) is 14.9. The van der Waals surface area contributed by atoms with E-state index in [1.54, 1.807) is 12.4 Å². The second-order valence-electron chi connectivity index (χ2n) is 5.37. The van der Waals surface area contributed by atoms with Crippen LogP contribution < -0.4 is 11.4 Å². The molecule has 1 atom stereocenters. The van der Waals surface area contributed by atoms with E-state index >= 15 is 0 Å². The van der Waals surface area contributed by atoms with Crippen molar-refractivity contribution in [3.8, 4) is 16.5 Å². The summed E-state index contributed by atoms with van der Waals surface area (Å²) in [7, 11) is 0. The third kappa shape index (κ3) is 4.46. The topological polar surface area (TPSA) is 126 Å². The van der Waals surface area contributed by atoms with Gasteiger partial charge in [-0.25, -0.2) is 24.3 Å². The normalized spacial score (nSPS) is 12.3. The molecule has 27 heavy (non-hydrogen) atoms. The van der Waals surface area contributed by atoms with E-state index in [1.165, 1.54) is 22.2 Å². The molecular formula is C16H15ClFN7OS. The van der Waals surface area contributed by atoms with Gasteiger partial charge in [-0.1, -0.05) is 0 Å². The Labute approximate surface area is 163 Å². The summed E-state index contributed by atoms with van der Waals surface area (Å²) in [6.07, 6.45) is 5.22. The van der Waals surface area contributed by atoms with Gasteiger partial charge in [0.25, 0.3) is 0 Å². The van der Waals surface area contributed by atoms with Gasteiger partial charge in [0.1, 0.15) is 12.4 Å². The van der Waals surface area contributed by atoms with Gasteiger partial charge in [-0.15, -0.1) is 23.7 Å². The molecule has 0 amide bonds. The summed E-state index contributed by atoms with van der Waals surface area (Å²) in [5.41, 5.74) is 6.32. The molecule has 0 aliphatic carbocycles. The maximum atomic E-state index is 13.0. The minimum Gasteiger partial charge on any atom is -0.327 e. The molecule has 3 aromatic rings. The molecule has 3 rings (SSSR count). The molecule has 0 aliphatic heterocycles. The number of nitrogens with zero attached hydrogens (tertiary/aromatic N) is 5. The minimum absolute atomic E-state index is 0.